The van der Waals surface area contributed by atoms with E-state index in [1.807, 2.05) is 13.8 Å². The number of ketones is 1. The summed E-state index contributed by atoms with van der Waals surface area (Å²) in [5, 5.41) is 0. The number of halogens is 2. The largest absolute Gasteiger partial charge is 0.489 e. The third-order valence-corrected chi connectivity index (χ3v) is 3.56. The first-order valence-corrected chi connectivity index (χ1v) is 8.84. The Bertz CT molecular complexity index is 779. The van der Waals surface area contributed by atoms with Crippen LogP contribution in [0.25, 0.3) is 0 Å². The van der Waals surface area contributed by atoms with Gasteiger partial charge in [-0.3, -0.25) is 4.79 Å². The summed E-state index contributed by atoms with van der Waals surface area (Å²) in [5.41, 5.74) is 0.630. The molecule has 138 valence electrons. The Hall–Kier alpha value is -2.17. The first-order chi connectivity index (χ1) is 12.3. The maximum absolute atomic E-state index is 11.4. The van der Waals surface area contributed by atoms with E-state index >= 15 is 0 Å². The number of ether oxygens (including phenoxy) is 3. The van der Waals surface area contributed by atoms with Crippen LogP contribution in [0.3, 0.4) is 0 Å². The van der Waals surface area contributed by atoms with Gasteiger partial charge in [0.05, 0.1) is 6.10 Å². The van der Waals surface area contributed by atoms with Crippen LogP contribution in [0.15, 0.2) is 53.0 Å². The topological polar surface area (TPSA) is 44.8 Å². The van der Waals surface area contributed by atoms with E-state index in [0.29, 0.717) is 28.6 Å². The molecule has 0 heterocycles. The zero-order chi connectivity index (χ0) is 19.1. The van der Waals surface area contributed by atoms with Crippen molar-refractivity contribution in [2.75, 3.05) is 6.61 Å². The maximum Gasteiger partial charge on any atom is 0.169 e. The van der Waals surface area contributed by atoms with Gasteiger partial charge < -0.3 is 14.2 Å². The molecule has 0 aliphatic rings. The highest BCUT2D eigenvalue weighted by Crippen LogP contribution is 2.35. The minimum atomic E-state index is -0.0372. The Labute approximate surface area is 163 Å². The van der Waals surface area contributed by atoms with Gasteiger partial charge in [0.25, 0.3) is 0 Å². The molecule has 2 rings (SSSR count). The van der Waals surface area contributed by atoms with E-state index in [2.05, 4.69) is 0 Å². The number of rotatable bonds is 8. The van der Waals surface area contributed by atoms with E-state index in [4.69, 9.17) is 37.4 Å². The molecule has 0 N–H and O–H groups in total. The number of carbonyl (C=O) groups is 1. The SMILES string of the molecule is CC(=O)c1ccc(Oc2ccc(OCC=C(Cl)Cl)cc2OC(C)C)cc1. The van der Waals surface area contributed by atoms with Crippen molar-refractivity contribution in [2.45, 2.75) is 26.9 Å². The van der Waals surface area contributed by atoms with Crippen molar-refractivity contribution in [1.29, 1.82) is 0 Å². The molecule has 0 spiro atoms. The molecule has 0 unspecified atom stereocenters. The van der Waals surface area contributed by atoms with Gasteiger partial charge in [0.1, 0.15) is 22.6 Å². The van der Waals surface area contributed by atoms with Crippen molar-refractivity contribution < 1.29 is 19.0 Å². The molecular formula is C20H20Cl2O4. The second-order valence-electron chi connectivity index (χ2n) is 5.76. The Morgan fingerprint density at radius 2 is 1.69 bits per heavy atom. The van der Waals surface area contributed by atoms with Gasteiger partial charge in [-0.05, 0) is 63.2 Å². The summed E-state index contributed by atoms with van der Waals surface area (Å²) in [7, 11) is 0. The van der Waals surface area contributed by atoms with Crippen molar-refractivity contribution in [3.05, 3.63) is 58.6 Å². The lowest BCUT2D eigenvalue weighted by Gasteiger charge is -2.16. The summed E-state index contributed by atoms with van der Waals surface area (Å²) in [6.45, 7) is 5.62. The smallest absolute Gasteiger partial charge is 0.169 e. The van der Waals surface area contributed by atoms with Gasteiger partial charge in [-0.25, -0.2) is 0 Å². The van der Waals surface area contributed by atoms with Gasteiger partial charge in [0, 0.05) is 11.6 Å². The third-order valence-electron chi connectivity index (χ3n) is 3.25. The van der Waals surface area contributed by atoms with Crippen molar-refractivity contribution in [3.63, 3.8) is 0 Å². The van der Waals surface area contributed by atoms with Crippen LogP contribution in [0.1, 0.15) is 31.1 Å². The fourth-order valence-electron chi connectivity index (χ4n) is 2.09. The molecule has 6 heteroatoms. The average Bonchev–Trinajstić information content (AvgIpc) is 2.56. The first-order valence-electron chi connectivity index (χ1n) is 8.08. The Morgan fingerprint density at radius 3 is 2.27 bits per heavy atom. The summed E-state index contributed by atoms with van der Waals surface area (Å²) in [5.74, 6) is 2.31. The van der Waals surface area contributed by atoms with Crippen LogP contribution in [0.2, 0.25) is 0 Å². The van der Waals surface area contributed by atoms with Crippen LogP contribution < -0.4 is 14.2 Å². The molecule has 0 bridgehead atoms. The summed E-state index contributed by atoms with van der Waals surface area (Å²) in [4.78, 5) is 11.4. The van der Waals surface area contributed by atoms with E-state index in [0.717, 1.165) is 0 Å². The second-order valence-corrected chi connectivity index (χ2v) is 6.77. The predicted octanol–water partition coefficient (Wildman–Crippen LogP) is 6.17. The molecule has 0 aliphatic heterocycles. The van der Waals surface area contributed by atoms with Crippen molar-refractivity contribution in [3.8, 4) is 23.0 Å². The van der Waals surface area contributed by atoms with Crippen LogP contribution in [0, 0.1) is 0 Å². The van der Waals surface area contributed by atoms with Crippen molar-refractivity contribution >= 4 is 29.0 Å². The van der Waals surface area contributed by atoms with E-state index in [9.17, 15) is 4.79 Å². The molecule has 2 aromatic rings. The summed E-state index contributed by atoms with van der Waals surface area (Å²) >= 11 is 11.1. The molecular weight excluding hydrogens is 375 g/mol. The molecule has 0 amide bonds. The fourth-order valence-corrected chi connectivity index (χ4v) is 2.22. The minimum Gasteiger partial charge on any atom is -0.489 e. The zero-order valence-corrected chi connectivity index (χ0v) is 16.3. The average molecular weight is 395 g/mol. The lowest BCUT2D eigenvalue weighted by Crippen LogP contribution is -2.07. The van der Waals surface area contributed by atoms with E-state index < -0.39 is 0 Å². The van der Waals surface area contributed by atoms with Gasteiger partial charge in [-0.1, -0.05) is 23.2 Å². The lowest BCUT2D eigenvalue weighted by atomic mass is 10.1. The lowest BCUT2D eigenvalue weighted by molar-refractivity contribution is 0.101. The normalized spacial score (nSPS) is 10.4. The molecule has 0 atom stereocenters. The Balaban J connectivity index is 2.20. The fraction of sp³-hybridized carbons (Fsp3) is 0.250. The van der Waals surface area contributed by atoms with E-state index in [1.165, 1.54) is 6.92 Å². The van der Waals surface area contributed by atoms with Crippen molar-refractivity contribution in [2.24, 2.45) is 0 Å². The summed E-state index contributed by atoms with van der Waals surface area (Å²) < 4.78 is 17.4. The molecule has 2 aromatic carbocycles. The number of benzene rings is 2. The second kappa shape index (κ2) is 9.51. The predicted molar refractivity (Wildman–Crippen MR) is 104 cm³/mol. The molecule has 0 saturated heterocycles. The van der Waals surface area contributed by atoms with Gasteiger partial charge in [-0.2, -0.15) is 0 Å². The Morgan fingerprint density at radius 1 is 1.04 bits per heavy atom. The van der Waals surface area contributed by atoms with Gasteiger partial charge in [-0.15, -0.1) is 0 Å². The molecule has 4 nitrogen and oxygen atoms in total. The highest BCUT2D eigenvalue weighted by molar-refractivity contribution is 6.55. The minimum absolute atomic E-state index is 0.00739. The Kier molecular flexibility index (Phi) is 7.37. The number of hydrogen-bond acceptors (Lipinski definition) is 4. The molecule has 0 saturated carbocycles. The number of Topliss-reactive ketones (excluding diaryl/α,β-unsaturated/α-hetero) is 1. The molecule has 26 heavy (non-hydrogen) atoms. The summed E-state index contributed by atoms with van der Waals surface area (Å²) in [6.07, 6.45) is 1.51. The van der Waals surface area contributed by atoms with Gasteiger partial charge in [0.2, 0.25) is 0 Å². The van der Waals surface area contributed by atoms with Crippen LogP contribution in [0.5, 0.6) is 23.0 Å². The zero-order valence-electron chi connectivity index (χ0n) is 14.8. The molecule has 0 fully saturated rings. The van der Waals surface area contributed by atoms with Crippen LogP contribution in [-0.4, -0.2) is 18.5 Å². The van der Waals surface area contributed by atoms with Crippen LogP contribution in [-0.2, 0) is 0 Å². The number of hydrogen-bond donors (Lipinski definition) is 0. The van der Waals surface area contributed by atoms with Gasteiger partial charge >= 0.3 is 0 Å². The van der Waals surface area contributed by atoms with Crippen LogP contribution in [0.4, 0.5) is 0 Å². The summed E-state index contributed by atoms with van der Waals surface area (Å²) in [6, 6.07) is 12.2. The first kappa shape index (κ1) is 20.1. The third kappa shape index (κ3) is 6.28. The van der Waals surface area contributed by atoms with E-state index in [-0.39, 0.29) is 23.0 Å². The molecule has 0 radical (unpaired) electrons. The number of carbonyl (C=O) groups excluding carboxylic acids is 1. The highest BCUT2D eigenvalue weighted by atomic mass is 35.5. The standard InChI is InChI=1S/C20H20Cl2O4/c1-13(2)25-19-12-17(24-11-10-20(21)22)8-9-18(19)26-16-6-4-15(5-7-16)14(3)23/h4-10,12-13H,11H2,1-3H3. The molecule has 0 aromatic heterocycles. The maximum atomic E-state index is 11.4. The van der Waals surface area contributed by atoms with Gasteiger partial charge in [0.15, 0.2) is 17.3 Å². The molecule has 0 aliphatic carbocycles. The highest BCUT2D eigenvalue weighted by Gasteiger charge is 2.11. The van der Waals surface area contributed by atoms with Crippen LogP contribution >= 0.6 is 23.2 Å². The van der Waals surface area contributed by atoms with Crippen molar-refractivity contribution in [1.82, 2.24) is 0 Å². The quantitative estimate of drug-likeness (QED) is 0.502. The van der Waals surface area contributed by atoms with E-state index in [1.54, 1.807) is 48.5 Å². The monoisotopic (exact) mass is 394 g/mol.